The number of rotatable bonds is 2. The van der Waals surface area contributed by atoms with Crippen LogP contribution < -0.4 is 0 Å². The Hall–Kier alpha value is -0.860. The lowest BCUT2D eigenvalue weighted by Crippen LogP contribution is -2.27. The van der Waals surface area contributed by atoms with Crippen molar-refractivity contribution in [2.45, 2.75) is 45.6 Å². The highest BCUT2D eigenvalue weighted by atomic mass is 16.5. The minimum atomic E-state index is -0.241. The van der Waals surface area contributed by atoms with Crippen LogP contribution in [-0.2, 0) is 14.3 Å². The van der Waals surface area contributed by atoms with Gasteiger partial charge in [0.15, 0.2) is 0 Å². The maximum atomic E-state index is 11.1. The van der Waals surface area contributed by atoms with Gasteiger partial charge in [-0.1, -0.05) is 0 Å². The summed E-state index contributed by atoms with van der Waals surface area (Å²) >= 11 is 0. The summed E-state index contributed by atoms with van der Waals surface area (Å²) in [5.74, 6) is 0.0872. The van der Waals surface area contributed by atoms with Gasteiger partial charge in [-0.3, -0.25) is 9.59 Å². The topological polar surface area (TPSA) is 43.4 Å². The molecule has 3 nitrogen and oxygen atoms in total. The zero-order chi connectivity index (χ0) is 9.84. The number of hydrogen-bond donors (Lipinski definition) is 0. The van der Waals surface area contributed by atoms with Crippen LogP contribution in [0.4, 0.5) is 0 Å². The SMILES string of the molecule is CC(=O)OC1CCCC(C(C)=O)C1. The molecular formula is C10H16O3. The van der Waals surface area contributed by atoms with Gasteiger partial charge in [0.2, 0.25) is 0 Å². The molecule has 0 aromatic rings. The average Bonchev–Trinajstić information content (AvgIpc) is 2.03. The predicted molar refractivity (Wildman–Crippen MR) is 48.2 cm³/mol. The van der Waals surface area contributed by atoms with Crippen molar-refractivity contribution in [3.8, 4) is 0 Å². The Kier molecular flexibility index (Phi) is 3.46. The van der Waals surface area contributed by atoms with Gasteiger partial charge >= 0.3 is 5.97 Å². The van der Waals surface area contributed by atoms with E-state index in [0.717, 1.165) is 25.7 Å². The lowest BCUT2D eigenvalue weighted by Gasteiger charge is -2.26. The Bertz CT molecular complexity index is 210. The molecular weight excluding hydrogens is 168 g/mol. The van der Waals surface area contributed by atoms with Crippen LogP contribution in [0.1, 0.15) is 39.5 Å². The molecule has 0 bridgehead atoms. The van der Waals surface area contributed by atoms with Crippen LogP contribution in [-0.4, -0.2) is 17.9 Å². The summed E-state index contributed by atoms with van der Waals surface area (Å²) < 4.78 is 5.08. The van der Waals surface area contributed by atoms with Crippen molar-refractivity contribution in [3.63, 3.8) is 0 Å². The van der Waals surface area contributed by atoms with Crippen molar-refractivity contribution in [1.29, 1.82) is 0 Å². The Balaban J connectivity index is 2.41. The van der Waals surface area contributed by atoms with Gasteiger partial charge in [-0.25, -0.2) is 0 Å². The van der Waals surface area contributed by atoms with Crippen LogP contribution in [0, 0.1) is 5.92 Å². The van der Waals surface area contributed by atoms with Crippen LogP contribution in [0.25, 0.3) is 0 Å². The summed E-state index contributed by atoms with van der Waals surface area (Å²) in [6.07, 6.45) is 3.54. The minimum absolute atomic E-state index is 0.0276. The highest BCUT2D eigenvalue weighted by Crippen LogP contribution is 2.26. The average molecular weight is 184 g/mol. The third-order valence-corrected chi connectivity index (χ3v) is 2.53. The number of Topliss-reactive ketones (excluding diaryl/α,β-unsaturated/α-hetero) is 1. The lowest BCUT2D eigenvalue weighted by atomic mass is 9.85. The molecule has 1 rings (SSSR count). The normalized spacial score (nSPS) is 28.2. The smallest absolute Gasteiger partial charge is 0.302 e. The minimum Gasteiger partial charge on any atom is -0.463 e. The second-order valence-electron chi connectivity index (χ2n) is 3.71. The van der Waals surface area contributed by atoms with E-state index in [1.54, 1.807) is 6.92 Å². The molecule has 1 fully saturated rings. The standard InChI is InChI=1S/C10H16O3/c1-7(11)9-4-3-5-10(6-9)13-8(2)12/h9-10H,3-6H2,1-2H3. The molecule has 0 saturated heterocycles. The summed E-state index contributed by atoms with van der Waals surface area (Å²) in [5, 5.41) is 0. The molecule has 0 aromatic carbocycles. The van der Waals surface area contributed by atoms with Crippen molar-refractivity contribution >= 4 is 11.8 Å². The van der Waals surface area contributed by atoms with Gasteiger partial charge in [0.1, 0.15) is 11.9 Å². The molecule has 2 unspecified atom stereocenters. The maximum absolute atomic E-state index is 11.1. The zero-order valence-corrected chi connectivity index (χ0v) is 8.21. The summed E-state index contributed by atoms with van der Waals surface area (Å²) in [6, 6.07) is 0. The molecule has 0 aliphatic heterocycles. The van der Waals surface area contributed by atoms with Crippen molar-refractivity contribution in [2.24, 2.45) is 5.92 Å². The maximum Gasteiger partial charge on any atom is 0.302 e. The summed E-state index contributed by atoms with van der Waals surface area (Å²) in [5.41, 5.74) is 0. The Morgan fingerprint density at radius 3 is 2.46 bits per heavy atom. The molecule has 74 valence electrons. The van der Waals surface area contributed by atoms with Crippen LogP contribution in [0.15, 0.2) is 0 Å². The fourth-order valence-electron chi connectivity index (χ4n) is 1.86. The van der Waals surface area contributed by atoms with Crippen LogP contribution in [0.2, 0.25) is 0 Å². The predicted octanol–water partition coefficient (Wildman–Crippen LogP) is 1.70. The van der Waals surface area contributed by atoms with Crippen LogP contribution in [0.3, 0.4) is 0 Å². The first-order valence-corrected chi connectivity index (χ1v) is 4.77. The molecule has 1 aliphatic rings. The summed E-state index contributed by atoms with van der Waals surface area (Å²) in [4.78, 5) is 21.8. The van der Waals surface area contributed by atoms with Gasteiger partial charge in [0.05, 0.1) is 0 Å². The first-order chi connectivity index (χ1) is 6.09. The fraction of sp³-hybridized carbons (Fsp3) is 0.800. The summed E-state index contributed by atoms with van der Waals surface area (Å²) in [6.45, 7) is 3.03. The molecule has 0 amide bonds. The Morgan fingerprint density at radius 2 is 1.92 bits per heavy atom. The number of ether oxygens (including phenoxy) is 1. The van der Waals surface area contributed by atoms with E-state index in [2.05, 4.69) is 0 Å². The van der Waals surface area contributed by atoms with Crippen LogP contribution >= 0.6 is 0 Å². The van der Waals surface area contributed by atoms with Crippen molar-refractivity contribution in [2.75, 3.05) is 0 Å². The molecule has 0 heterocycles. The number of hydrogen-bond acceptors (Lipinski definition) is 3. The van der Waals surface area contributed by atoms with E-state index in [0.29, 0.717) is 0 Å². The molecule has 0 aromatic heterocycles. The van der Waals surface area contributed by atoms with E-state index in [1.807, 2.05) is 0 Å². The van der Waals surface area contributed by atoms with Crippen molar-refractivity contribution in [1.82, 2.24) is 0 Å². The fourth-order valence-corrected chi connectivity index (χ4v) is 1.86. The molecule has 2 atom stereocenters. The molecule has 13 heavy (non-hydrogen) atoms. The number of esters is 1. The van der Waals surface area contributed by atoms with Crippen molar-refractivity contribution < 1.29 is 14.3 Å². The first-order valence-electron chi connectivity index (χ1n) is 4.77. The van der Waals surface area contributed by atoms with Gasteiger partial charge in [-0.15, -0.1) is 0 Å². The molecule has 3 heteroatoms. The summed E-state index contributed by atoms with van der Waals surface area (Å²) in [7, 11) is 0. The molecule has 1 saturated carbocycles. The Labute approximate surface area is 78.5 Å². The van der Waals surface area contributed by atoms with Gasteiger partial charge in [-0.05, 0) is 32.6 Å². The van der Waals surface area contributed by atoms with E-state index in [9.17, 15) is 9.59 Å². The van der Waals surface area contributed by atoms with Gasteiger partial charge in [0, 0.05) is 12.8 Å². The molecule has 0 spiro atoms. The van der Waals surface area contributed by atoms with E-state index >= 15 is 0 Å². The monoisotopic (exact) mass is 184 g/mol. The molecule has 1 aliphatic carbocycles. The third kappa shape index (κ3) is 3.17. The number of carbonyl (C=O) groups is 2. The van der Waals surface area contributed by atoms with Gasteiger partial charge in [0.25, 0.3) is 0 Å². The van der Waals surface area contributed by atoms with Crippen LogP contribution in [0.5, 0.6) is 0 Å². The van der Waals surface area contributed by atoms with Gasteiger partial charge in [-0.2, -0.15) is 0 Å². The molecule has 0 radical (unpaired) electrons. The zero-order valence-electron chi connectivity index (χ0n) is 8.21. The van der Waals surface area contributed by atoms with E-state index in [1.165, 1.54) is 6.92 Å². The number of carbonyl (C=O) groups excluding carboxylic acids is 2. The number of ketones is 1. The van der Waals surface area contributed by atoms with Gasteiger partial charge < -0.3 is 4.74 Å². The Morgan fingerprint density at radius 1 is 1.23 bits per heavy atom. The second kappa shape index (κ2) is 4.40. The highest BCUT2D eigenvalue weighted by Gasteiger charge is 2.26. The van der Waals surface area contributed by atoms with Crippen molar-refractivity contribution in [3.05, 3.63) is 0 Å². The third-order valence-electron chi connectivity index (χ3n) is 2.53. The lowest BCUT2D eigenvalue weighted by molar-refractivity contribution is -0.149. The molecule has 0 N–H and O–H groups in total. The quantitative estimate of drug-likeness (QED) is 0.613. The highest BCUT2D eigenvalue weighted by molar-refractivity contribution is 5.78. The van der Waals surface area contributed by atoms with E-state index in [-0.39, 0.29) is 23.8 Å². The van der Waals surface area contributed by atoms with E-state index < -0.39 is 0 Å². The largest absolute Gasteiger partial charge is 0.463 e. The second-order valence-corrected chi connectivity index (χ2v) is 3.71. The van der Waals surface area contributed by atoms with E-state index in [4.69, 9.17) is 4.74 Å². The first kappa shape index (κ1) is 10.2.